The molecule has 0 unspecified atom stereocenters. The van der Waals surface area contributed by atoms with Crippen molar-refractivity contribution in [2.45, 2.75) is 39.3 Å². The Hall–Kier alpha value is -2.88. The molecule has 2 aromatic carbocycles. The molecule has 3 aromatic rings. The van der Waals surface area contributed by atoms with Crippen LogP contribution in [0.3, 0.4) is 0 Å². The third-order valence-electron chi connectivity index (χ3n) is 5.67. The zero-order chi connectivity index (χ0) is 20.4. The fraction of sp³-hybridized carbons (Fsp3) is 0.348. The highest BCUT2D eigenvalue weighted by Gasteiger charge is 2.21. The van der Waals surface area contributed by atoms with Crippen LogP contribution in [0.5, 0.6) is 0 Å². The van der Waals surface area contributed by atoms with Gasteiger partial charge in [0.1, 0.15) is 0 Å². The predicted molar refractivity (Wildman–Crippen MR) is 124 cm³/mol. The van der Waals surface area contributed by atoms with Crippen LogP contribution in [0.2, 0.25) is 0 Å². The van der Waals surface area contributed by atoms with E-state index in [-0.39, 0.29) is 18.5 Å². The Balaban J connectivity index is 0.00000256. The zero-order valence-electron chi connectivity index (χ0n) is 17.2. The van der Waals surface area contributed by atoms with Crippen LogP contribution >= 0.6 is 12.4 Å². The number of nitrogens with one attached hydrogen (secondary N) is 1. The highest BCUT2D eigenvalue weighted by Crippen LogP contribution is 2.33. The Morgan fingerprint density at radius 3 is 2.53 bits per heavy atom. The molecule has 2 N–H and O–H groups in total. The Morgan fingerprint density at radius 2 is 1.83 bits per heavy atom. The van der Waals surface area contributed by atoms with Crippen LogP contribution in [0.25, 0.3) is 15.6 Å². The summed E-state index contributed by atoms with van der Waals surface area (Å²) in [4.78, 5) is 5.75. The Morgan fingerprint density at radius 1 is 1.07 bits per heavy atom. The number of aryl methyl sites for hydroxylation is 2. The number of aliphatic hydroxyl groups excluding tert-OH is 1. The zero-order valence-corrected chi connectivity index (χ0v) is 18.0. The van der Waals surface area contributed by atoms with Gasteiger partial charge in [0, 0.05) is 30.4 Å². The summed E-state index contributed by atoms with van der Waals surface area (Å²) in [5, 5.41) is 24.1. The van der Waals surface area contributed by atoms with Crippen molar-refractivity contribution in [1.82, 2.24) is 10.2 Å². The molecule has 1 aliphatic rings. The minimum Gasteiger partial charge on any atom is -0.393 e. The lowest BCUT2D eigenvalue weighted by Crippen LogP contribution is -2.36. The number of piperidine rings is 1. The van der Waals surface area contributed by atoms with Gasteiger partial charge in [0.2, 0.25) is 0 Å². The van der Waals surface area contributed by atoms with Gasteiger partial charge in [-0.15, -0.1) is 22.6 Å². The minimum absolute atomic E-state index is 0. The molecule has 0 saturated carbocycles. The van der Waals surface area contributed by atoms with E-state index in [1.54, 1.807) is 0 Å². The lowest BCUT2D eigenvalue weighted by molar-refractivity contribution is 0.145. The molecular weight excluding hydrogens is 398 g/mol. The summed E-state index contributed by atoms with van der Waals surface area (Å²) in [6.07, 6.45) is 1.23. The predicted octanol–water partition coefficient (Wildman–Crippen LogP) is 4.79. The topological polar surface area (TPSA) is 65.6 Å². The standard InChI is InChI=1S/C23H25N5O.ClH/c1-15-4-5-17(12-16(15)2)14-25-22-21-13-18(24-3)6-7-20(21)23(27-26-22)28-10-8-19(29)9-11-28;/h4-7,12-13,19,29H,8-11,14H2,1-2H3,(H,25,26);1H. The maximum absolute atomic E-state index is 9.81. The molecule has 1 fully saturated rings. The van der Waals surface area contributed by atoms with Crippen molar-refractivity contribution >= 4 is 40.5 Å². The van der Waals surface area contributed by atoms with E-state index in [2.05, 4.69) is 57.3 Å². The molecular formula is C23H26ClN5O. The van der Waals surface area contributed by atoms with E-state index in [4.69, 9.17) is 6.57 Å². The van der Waals surface area contributed by atoms with E-state index in [0.29, 0.717) is 18.1 Å². The summed E-state index contributed by atoms with van der Waals surface area (Å²) in [7, 11) is 0. The molecule has 1 saturated heterocycles. The van der Waals surface area contributed by atoms with E-state index >= 15 is 0 Å². The molecule has 6 nitrogen and oxygen atoms in total. The van der Waals surface area contributed by atoms with Crippen LogP contribution in [0.1, 0.15) is 29.5 Å². The van der Waals surface area contributed by atoms with Gasteiger partial charge in [0.05, 0.1) is 12.7 Å². The van der Waals surface area contributed by atoms with Gasteiger partial charge in [-0.05, 0) is 49.4 Å². The van der Waals surface area contributed by atoms with Crippen molar-refractivity contribution in [2.24, 2.45) is 0 Å². The fourth-order valence-electron chi connectivity index (χ4n) is 3.74. The minimum atomic E-state index is -0.238. The van der Waals surface area contributed by atoms with Crippen LogP contribution in [-0.2, 0) is 6.54 Å². The molecule has 7 heteroatoms. The molecule has 0 atom stereocenters. The van der Waals surface area contributed by atoms with E-state index < -0.39 is 0 Å². The van der Waals surface area contributed by atoms with E-state index in [1.807, 2.05) is 18.2 Å². The normalized spacial score (nSPS) is 14.3. The van der Waals surface area contributed by atoms with Gasteiger partial charge < -0.3 is 15.3 Å². The first kappa shape index (κ1) is 21.8. The van der Waals surface area contributed by atoms with Crippen molar-refractivity contribution in [2.75, 3.05) is 23.3 Å². The number of anilines is 2. The Kier molecular flexibility index (Phi) is 6.76. The number of fused-ring (bicyclic) bond motifs is 1. The molecule has 0 bridgehead atoms. The quantitative estimate of drug-likeness (QED) is 0.590. The lowest BCUT2D eigenvalue weighted by atomic mass is 10.1. The average molecular weight is 424 g/mol. The third kappa shape index (κ3) is 4.48. The molecule has 1 aromatic heterocycles. The molecule has 0 spiro atoms. The van der Waals surface area contributed by atoms with Gasteiger partial charge >= 0.3 is 0 Å². The number of aliphatic hydroxyl groups is 1. The molecule has 30 heavy (non-hydrogen) atoms. The van der Waals surface area contributed by atoms with E-state index in [0.717, 1.165) is 42.5 Å². The van der Waals surface area contributed by atoms with E-state index in [1.165, 1.54) is 16.7 Å². The summed E-state index contributed by atoms with van der Waals surface area (Å²) in [6, 6.07) is 12.1. The van der Waals surface area contributed by atoms with Gasteiger partial charge in [0.15, 0.2) is 17.3 Å². The number of aromatic nitrogens is 2. The van der Waals surface area contributed by atoms with Crippen LogP contribution in [0, 0.1) is 20.4 Å². The number of hydrogen-bond donors (Lipinski definition) is 2. The van der Waals surface area contributed by atoms with Gasteiger partial charge in [-0.25, -0.2) is 4.85 Å². The number of rotatable bonds is 4. The average Bonchev–Trinajstić information content (AvgIpc) is 2.74. The van der Waals surface area contributed by atoms with Crippen molar-refractivity contribution < 1.29 is 5.11 Å². The maximum atomic E-state index is 9.81. The summed E-state index contributed by atoms with van der Waals surface area (Å²) in [5.41, 5.74) is 4.30. The van der Waals surface area contributed by atoms with Crippen LogP contribution in [-0.4, -0.2) is 34.5 Å². The largest absolute Gasteiger partial charge is 0.393 e. The number of hydrogen-bond acceptors (Lipinski definition) is 5. The van der Waals surface area contributed by atoms with Crippen molar-refractivity contribution in [1.29, 1.82) is 0 Å². The summed E-state index contributed by atoms with van der Waals surface area (Å²) >= 11 is 0. The second-order valence-corrected chi connectivity index (χ2v) is 7.70. The summed E-state index contributed by atoms with van der Waals surface area (Å²) in [5.74, 6) is 1.50. The molecule has 2 heterocycles. The molecule has 4 rings (SSSR count). The van der Waals surface area contributed by atoms with Crippen molar-refractivity contribution in [3.8, 4) is 0 Å². The molecule has 0 radical (unpaired) electrons. The van der Waals surface area contributed by atoms with Gasteiger partial charge in [-0.3, -0.25) is 0 Å². The van der Waals surface area contributed by atoms with Crippen molar-refractivity contribution in [3.63, 3.8) is 0 Å². The molecule has 1 aliphatic heterocycles. The van der Waals surface area contributed by atoms with Gasteiger partial charge in [0.25, 0.3) is 0 Å². The Bertz CT molecular complexity index is 1090. The first-order chi connectivity index (χ1) is 14.0. The Labute approximate surface area is 183 Å². The van der Waals surface area contributed by atoms with Gasteiger partial charge in [-0.1, -0.05) is 30.3 Å². The van der Waals surface area contributed by atoms with E-state index in [9.17, 15) is 5.11 Å². The summed E-state index contributed by atoms with van der Waals surface area (Å²) < 4.78 is 0. The third-order valence-corrected chi connectivity index (χ3v) is 5.67. The molecule has 0 amide bonds. The number of benzene rings is 2. The van der Waals surface area contributed by atoms with Crippen LogP contribution in [0.4, 0.5) is 17.3 Å². The smallest absolute Gasteiger partial charge is 0.188 e. The number of halogens is 1. The highest BCUT2D eigenvalue weighted by atomic mass is 35.5. The monoisotopic (exact) mass is 423 g/mol. The first-order valence-electron chi connectivity index (χ1n) is 9.96. The van der Waals surface area contributed by atoms with Crippen molar-refractivity contribution in [3.05, 3.63) is 64.5 Å². The lowest BCUT2D eigenvalue weighted by Gasteiger charge is -2.31. The second-order valence-electron chi connectivity index (χ2n) is 7.70. The number of nitrogens with zero attached hydrogens (tertiary/aromatic N) is 4. The van der Waals surface area contributed by atoms with Gasteiger partial charge in [-0.2, -0.15) is 0 Å². The fourth-order valence-corrected chi connectivity index (χ4v) is 3.74. The second kappa shape index (κ2) is 9.29. The maximum Gasteiger partial charge on any atom is 0.188 e. The first-order valence-corrected chi connectivity index (χ1v) is 9.96. The van der Waals surface area contributed by atoms with Crippen LogP contribution in [0.15, 0.2) is 36.4 Å². The molecule has 0 aliphatic carbocycles. The SMILES string of the molecule is Cl.[C-]#[N+]c1ccc2c(N3CCC(O)CC3)nnc(NCc3ccc(C)c(C)c3)c2c1. The summed E-state index contributed by atoms with van der Waals surface area (Å²) in [6.45, 7) is 13.7. The van der Waals surface area contributed by atoms with Crippen LogP contribution < -0.4 is 10.2 Å². The molecule has 156 valence electrons. The highest BCUT2D eigenvalue weighted by molar-refractivity contribution is 6.00.